The van der Waals surface area contributed by atoms with Crippen molar-refractivity contribution in [2.24, 2.45) is 0 Å². The zero-order valence-corrected chi connectivity index (χ0v) is 13.4. The lowest BCUT2D eigenvalue weighted by atomic mass is 10.2. The molecule has 0 aliphatic heterocycles. The fraction of sp³-hybridized carbons (Fsp3) is 0.214. The first-order chi connectivity index (χ1) is 10.5. The zero-order chi connectivity index (χ0) is 16.5. The van der Waals surface area contributed by atoms with Crippen LogP contribution in [0.4, 0.5) is 4.79 Å². The number of rotatable bonds is 6. The molecule has 0 unspecified atom stereocenters. The Kier molecular flexibility index (Phi) is 7.11. The molecule has 3 amide bonds. The first-order valence-electron chi connectivity index (χ1n) is 6.17. The van der Waals surface area contributed by atoms with Gasteiger partial charge < -0.3 is 14.8 Å². The number of imide groups is 1. The smallest absolute Gasteiger partial charge is 0.338 e. The minimum absolute atomic E-state index is 0.221. The van der Waals surface area contributed by atoms with Gasteiger partial charge >= 0.3 is 12.0 Å². The van der Waals surface area contributed by atoms with Gasteiger partial charge in [-0.3, -0.25) is 10.1 Å². The van der Waals surface area contributed by atoms with Crippen molar-refractivity contribution in [3.8, 4) is 5.75 Å². The lowest BCUT2D eigenvalue weighted by Crippen LogP contribution is -2.41. The van der Waals surface area contributed by atoms with E-state index in [-0.39, 0.29) is 12.1 Å². The van der Waals surface area contributed by atoms with Crippen molar-refractivity contribution in [3.05, 3.63) is 40.9 Å². The second kappa shape index (κ2) is 8.83. The molecule has 118 valence electrons. The zero-order valence-electron chi connectivity index (χ0n) is 11.8. The third kappa shape index (κ3) is 5.57. The van der Waals surface area contributed by atoms with Crippen LogP contribution in [-0.4, -0.2) is 38.2 Å². The SMILES string of the molecule is C=CCNC(=O)NC(=O)COC(=O)c1ccc(OC)c(Br)c1. The van der Waals surface area contributed by atoms with Crippen LogP contribution in [0.2, 0.25) is 0 Å². The summed E-state index contributed by atoms with van der Waals surface area (Å²) in [6.07, 6.45) is 1.46. The van der Waals surface area contributed by atoms with Crippen LogP contribution in [0.15, 0.2) is 35.3 Å². The van der Waals surface area contributed by atoms with Crippen molar-refractivity contribution >= 4 is 33.8 Å². The molecule has 8 heteroatoms. The lowest BCUT2D eigenvalue weighted by Gasteiger charge is -2.08. The van der Waals surface area contributed by atoms with Gasteiger partial charge in [-0.05, 0) is 34.1 Å². The summed E-state index contributed by atoms with van der Waals surface area (Å²) in [6, 6.07) is 3.91. The number of nitrogens with one attached hydrogen (secondary N) is 2. The van der Waals surface area contributed by atoms with Crippen LogP contribution in [0.3, 0.4) is 0 Å². The number of urea groups is 1. The van der Waals surface area contributed by atoms with E-state index in [0.29, 0.717) is 10.2 Å². The number of amides is 3. The second-order valence-electron chi connectivity index (χ2n) is 3.97. The number of halogens is 1. The highest BCUT2D eigenvalue weighted by Crippen LogP contribution is 2.25. The predicted octanol–water partition coefficient (Wildman–Crippen LogP) is 1.63. The van der Waals surface area contributed by atoms with E-state index in [0.717, 1.165) is 0 Å². The maximum absolute atomic E-state index is 11.8. The molecule has 0 saturated heterocycles. The maximum Gasteiger partial charge on any atom is 0.338 e. The van der Waals surface area contributed by atoms with Crippen LogP contribution in [0.5, 0.6) is 5.75 Å². The number of benzene rings is 1. The third-order valence-electron chi connectivity index (χ3n) is 2.38. The molecule has 0 heterocycles. The van der Waals surface area contributed by atoms with Crippen molar-refractivity contribution in [2.45, 2.75) is 0 Å². The summed E-state index contributed by atoms with van der Waals surface area (Å²) in [5.41, 5.74) is 0.247. The highest BCUT2D eigenvalue weighted by atomic mass is 79.9. The van der Waals surface area contributed by atoms with Crippen molar-refractivity contribution in [1.29, 1.82) is 0 Å². The van der Waals surface area contributed by atoms with E-state index in [2.05, 4.69) is 27.8 Å². The molecule has 1 aromatic rings. The van der Waals surface area contributed by atoms with Crippen LogP contribution in [0.1, 0.15) is 10.4 Å². The maximum atomic E-state index is 11.8. The average Bonchev–Trinajstić information content (AvgIpc) is 2.50. The standard InChI is InChI=1S/C14H15BrN2O5/c1-3-6-16-14(20)17-12(18)8-22-13(19)9-4-5-11(21-2)10(15)7-9/h3-5,7H,1,6,8H2,2H3,(H2,16,17,18,20). The fourth-order valence-corrected chi connectivity index (χ4v) is 1.92. The Morgan fingerprint density at radius 1 is 1.36 bits per heavy atom. The van der Waals surface area contributed by atoms with Crippen molar-refractivity contribution in [2.75, 3.05) is 20.3 Å². The predicted molar refractivity (Wildman–Crippen MR) is 82.7 cm³/mol. The Morgan fingerprint density at radius 3 is 2.68 bits per heavy atom. The minimum Gasteiger partial charge on any atom is -0.496 e. The van der Waals surface area contributed by atoms with Crippen molar-refractivity contribution < 1.29 is 23.9 Å². The molecule has 0 atom stereocenters. The number of carbonyl (C=O) groups is 3. The van der Waals surface area contributed by atoms with Gasteiger partial charge in [-0.2, -0.15) is 0 Å². The van der Waals surface area contributed by atoms with Crippen LogP contribution in [0.25, 0.3) is 0 Å². The van der Waals surface area contributed by atoms with Crippen LogP contribution in [-0.2, 0) is 9.53 Å². The van der Waals surface area contributed by atoms with Gasteiger partial charge in [0.05, 0.1) is 17.1 Å². The second-order valence-corrected chi connectivity index (χ2v) is 4.83. The van der Waals surface area contributed by atoms with Gasteiger partial charge in [0, 0.05) is 6.54 Å². The number of hydrogen-bond donors (Lipinski definition) is 2. The Morgan fingerprint density at radius 2 is 2.09 bits per heavy atom. The molecule has 0 bridgehead atoms. The van der Waals surface area contributed by atoms with Gasteiger partial charge in [0.1, 0.15) is 5.75 Å². The van der Waals surface area contributed by atoms with Crippen LogP contribution in [0, 0.1) is 0 Å². The summed E-state index contributed by atoms with van der Waals surface area (Å²) in [4.78, 5) is 34.4. The first-order valence-corrected chi connectivity index (χ1v) is 6.96. The molecule has 1 aromatic carbocycles. The molecule has 7 nitrogen and oxygen atoms in total. The molecule has 0 aliphatic carbocycles. The summed E-state index contributed by atoms with van der Waals surface area (Å²) < 4.78 is 10.4. The number of esters is 1. The monoisotopic (exact) mass is 370 g/mol. The summed E-state index contributed by atoms with van der Waals surface area (Å²) in [5.74, 6) is -0.860. The van der Waals surface area contributed by atoms with Gasteiger partial charge in [0.15, 0.2) is 6.61 Å². The molecule has 2 N–H and O–H groups in total. The van der Waals surface area contributed by atoms with Gasteiger partial charge in [-0.25, -0.2) is 9.59 Å². The Labute approximate surface area is 135 Å². The summed E-state index contributed by atoms with van der Waals surface area (Å²) in [6.45, 7) is 3.07. The molecular formula is C14H15BrN2O5. The van der Waals surface area contributed by atoms with E-state index in [1.165, 1.54) is 25.3 Å². The van der Waals surface area contributed by atoms with E-state index in [9.17, 15) is 14.4 Å². The van der Waals surface area contributed by atoms with Gasteiger partial charge in [0.2, 0.25) is 0 Å². The number of ether oxygens (including phenoxy) is 2. The quantitative estimate of drug-likeness (QED) is 0.586. The molecule has 22 heavy (non-hydrogen) atoms. The summed E-state index contributed by atoms with van der Waals surface area (Å²) >= 11 is 3.24. The minimum atomic E-state index is -0.734. The van der Waals surface area contributed by atoms with Crippen LogP contribution < -0.4 is 15.4 Å². The molecule has 0 radical (unpaired) electrons. The van der Waals surface area contributed by atoms with Crippen molar-refractivity contribution in [1.82, 2.24) is 10.6 Å². The molecule has 0 spiro atoms. The van der Waals surface area contributed by atoms with Gasteiger partial charge in [-0.15, -0.1) is 6.58 Å². The first kappa shape index (κ1) is 17.7. The van der Waals surface area contributed by atoms with E-state index < -0.39 is 24.5 Å². The van der Waals surface area contributed by atoms with E-state index in [4.69, 9.17) is 9.47 Å². The molecule has 1 rings (SSSR count). The third-order valence-corrected chi connectivity index (χ3v) is 3.00. The molecule has 0 saturated carbocycles. The van der Waals surface area contributed by atoms with E-state index >= 15 is 0 Å². The Bertz CT molecular complexity index is 589. The topological polar surface area (TPSA) is 93.7 Å². The summed E-state index contributed by atoms with van der Waals surface area (Å²) in [7, 11) is 1.50. The highest BCUT2D eigenvalue weighted by Gasteiger charge is 2.13. The average molecular weight is 371 g/mol. The lowest BCUT2D eigenvalue weighted by molar-refractivity contribution is -0.123. The molecule has 0 aromatic heterocycles. The van der Waals surface area contributed by atoms with E-state index in [1.807, 2.05) is 5.32 Å². The van der Waals surface area contributed by atoms with Gasteiger partial charge in [-0.1, -0.05) is 6.08 Å². The number of carbonyl (C=O) groups excluding carboxylic acids is 3. The molecule has 0 fully saturated rings. The van der Waals surface area contributed by atoms with Gasteiger partial charge in [0.25, 0.3) is 5.91 Å². The Hall–Kier alpha value is -2.35. The Balaban J connectivity index is 2.48. The molecule has 0 aliphatic rings. The number of hydrogen-bond acceptors (Lipinski definition) is 5. The normalized spacial score (nSPS) is 9.55. The molecular weight excluding hydrogens is 356 g/mol. The largest absolute Gasteiger partial charge is 0.496 e. The number of methoxy groups -OCH3 is 1. The summed E-state index contributed by atoms with van der Waals surface area (Å²) in [5, 5.41) is 4.36. The van der Waals surface area contributed by atoms with E-state index in [1.54, 1.807) is 6.07 Å². The highest BCUT2D eigenvalue weighted by molar-refractivity contribution is 9.10. The van der Waals surface area contributed by atoms with Crippen molar-refractivity contribution in [3.63, 3.8) is 0 Å². The fourth-order valence-electron chi connectivity index (χ4n) is 1.38. The van der Waals surface area contributed by atoms with Crippen LogP contribution >= 0.6 is 15.9 Å².